The Morgan fingerprint density at radius 2 is 2.50 bits per heavy atom. The quantitative estimate of drug-likeness (QED) is 0.388. The van der Waals surface area contributed by atoms with Crippen LogP contribution in [0.2, 0.25) is 0 Å². The van der Waals surface area contributed by atoms with Gasteiger partial charge in [-0.1, -0.05) is 0 Å². The molecular formula is C6H8O4. The largest absolute Gasteiger partial charge is 0.452 e. The first-order valence-corrected chi connectivity index (χ1v) is 2.95. The number of esters is 1. The average Bonchev–Trinajstić information content (AvgIpc) is 2.30. The van der Waals surface area contributed by atoms with E-state index >= 15 is 0 Å². The number of carbonyl (C=O) groups is 2. The highest BCUT2D eigenvalue weighted by Gasteiger charge is 2.34. The van der Waals surface area contributed by atoms with Gasteiger partial charge in [-0.3, -0.25) is 9.59 Å². The lowest BCUT2D eigenvalue weighted by atomic mass is 10.2. The minimum Gasteiger partial charge on any atom is -0.452 e. The first-order chi connectivity index (χ1) is 4.77. The van der Waals surface area contributed by atoms with Crippen molar-refractivity contribution in [3.63, 3.8) is 0 Å². The summed E-state index contributed by atoms with van der Waals surface area (Å²) in [6.07, 6.45) is -0.318. The summed E-state index contributed by atoms with van der Waals surface area (Å²) >= 11 is 0. The Kier molecular flexibility index (Phi) is 2.01. The third-order valence-electron chi connectivity index (χ3n) is 1.44. The van der Waals surface area contributed by atoms with Crippen molar-refractivity contribution in [2.75, 3.05) is 7.11 Å². The van der Waals surface area contributed by atoms with Crippen molar-refractivity contribution in [1.82, 2.24) is 0 Å². The highest BCUT2D eigenvalue weighted by atomic mass is 16.6. The number of ether oxygens (including phenoxy) is 2. The number of hydrogen-bond donors (Lipinski definition) is 0. The van der Waals surface area contributed by atoms with Gasteiger partial charge in [0, 0.05) is 7.11 Å². The maximum absolute atomic E-state index is 10.5. The molecule has 4 nitrogen and oxygen atoms in total. The van der Waals surface area contributed by atoms with Crippen LogP contribution < -0.4 is 0 Å². The van der Waals surface area contributed by atoms with E-state index in [2.05, 4.69) is 4.74 Å². The lowest BCUT2D eigenvalue weighted by Gasteiger charge is -2.07. The van der Waals surface area contributed by atoms with Crippen LogP contribution in [0.15, 0.2) is 0 Å². The number of aldehydes is 1. The van der Waals surface area contributed by atoms with Gasteiger partial charge in [0.1, 0.15) is 6.10 Å². The van der Waals surface area contributed by atoms with Crippen LogP contribution in [0.4, 0.5) is 0 Å². The maximum Gasteiger partial charge on any atom is 0.309 e. The molecule has 0 aliphatic carbocycles. The Morgan fingerprint density at radius 1 is 1.80 bits per heavy atom. The zero-order chi connectivity index (χ0) is 7.56. The molecule has 0 radical (unpaired) electrons. The van der Waals surface area contributed by atoms with Crippen LogP contribution in [0.3, 0.4) is 0 Å². The highest BCUT2D eigenvalue weighted by Crippen LogP contribution is 2.15. The summed E-state index contributed by atoms with van der Waals surface area (Å²) in [5.41, 5.74) is 0. The normalized spacial score (nSPS) is 31.9. The molecule has 1 aliphatic heterocycles. The lowest BCUT2D eigenvalue weighted by molar-refractivity contribution is -0.144. The van der Waals surface area contributed by atoms with Crippen molar-refractivity contribution in [3.05, 3.63) is 0 Å². The van der Waals surface area contributed by atoms with Gasteiger partial charge >= 0.3 is 5.97 Å². The SMILES string of the molecule is CO[C@H]1CC(=O)O[C@H]1C=O. The molecule has 0 aromatic carbocycles. The van der Waals surface area contributed by atoms with E-state index in [1.165, 1.54) is 7.11 Å². The van der Waals surface area contributed by atoms with Gasteiger partial charge in [-0.2, -0.15) is 0 Å². The van der Waals surface area contributed by atoms with Gasteiger partial charge in [-0.05, 0) is 0 Å². The van der Waals surface area contributed by atoms with E-state index in [0.717, 1.165) is 0 Å². The molecule has 1 fully saturated rings. The zero-order valence-electron chi connectivity index (χ0n) is 5.57. The molecule has 0 amide bonds. The van der Waals surface area contributed by atoms with Crippen LogP contribution in [0.25, 0.3) is 0 Å². The molecule has 56 valence electrons. The highest BCUT2D eigenvalue weighted by molar-refractivity contribution is 5.77. The molecule has 10 heavy (non-hydrogen) atoms. The van der Waals surface area contributed by atoms with E-state index in [1.807, 2.05) is 0 Å². The molecule has 4 heteroatoms. The van der Waals surface area contributed by atoms with Gasteiger partial charge in [0.2, 0.25) is 0 Å². The van der Waals surface area contributed by atoms with Gasteiger partial charge in [0.25, 0.3) is 0 Å². The summed E-state index contributed by atoms with van der Waals surface area (Å²) in [6.45, 7) is 0. The Bertz CT molecular complexity index is 154. The Morgan fingerprint density at radius 3 is 2.90 bits per heavy atom. The predicted molar refractivity (Wildman–Crippen MR) is 31.4 cm³/mol. The van der Waals surface area contributed by atoms with Gasteiger partial charge in [0.05, 0.1) is 6.42 Å². The van der Waals surface area contributed by atoms with Gasteiger partial charge < -0.3 is 9.47 Å². The van der Waals surface area contributed by atoms with Crippen LogP contribution in [0.1, 0.15) is 6.42 Å². The lowest BCUT2D eigenvalue weighted by Crippen LogP contribution is -2.24. The molecule has 0 unspecified atom stereocenters. The molecular weight excluding hydrogens is 136 g/mol. The minimum absolute atomic E-state index is 0.180. The predicted octanol–water partition coefficient (Wildman–Crippen LogP) is -0.484. The van der Waals surface area contributed by atoms with Gasteiger partial charge in [0.15, 0.2) is 12.4 Å². The zero-order valence-corrected chi connectivity index (χ0v) is 5.57. The molecule has 1 aliphatic rings. The van der Waals surface area contributed by atoms with Crippen molar-refractivity contribution < 1.29 is 19.1 Å². The molecule has 1 heterocycles. The molecule has 0 aromatic rings. The van der Waals surface area contributed by atoms with Crippen molar-refractivity contribution in [2.45, 2.75) is 18.6 Å². The van der Waals surface area contributed by atoms with E-state index in [0.29, 0.717) is 6.29 Å². The summed E-state index contributed by atoms with van der Waals surface area (Å²) in [5, 5.41) is 0. The fourth-order valence-corrected chi connectivity index (χ4v) is 0.889. The number of carbonyl (C=O) groups excluding carboxylic acids is 2. The molecule has 2 atom stereocenters. The second-order valence-electron chi connectivity index (χ2n) is 2.07. The molecule has 1 rings (SSSR count). The third-order valence-corrected chi connectivity index (χ3v) is 1.44. The van der Waals surface area contributed by atoms with Crippen LogP contribution >= 0.6 is 0 Å². The number of methoxy groups -OCH3 is 1. The molecule has 0 bridgehead atoms. The van der Waals surface area contributed by atoms with Crippen LogP contribution in [-0.4, -0.2) is 31.6 Å². The molecule has 0 aromatic heterocycles. The van der Waals surface area contributed by atoms with Crippen LogP contribution in [-0.2, 0) is 19.1 Å². The fraction of sp³-hybridized carbons (Fsp3) is 0.667. The summed E-state index contributed by atoms with van der Waals surface area (Å²) in [6, 6.07) is 0. The van der Waals surface area contributed by atoms with Crippen molar-refractivity contribution >= 4 is 12.3 Å². The first-order valence-electron chi connectivity index (χ1n) is 2.95. The van der Waals surface area contributed by atoms with Crippen molar-refractivity contribution in [2.24, 2.45) is 0 Å². The van der Waals surface area contributed by atoms with E-state index in [-0.39, 0.29) is 18.5 Å². The average molecular weight is 144 g/mol. The van der Waals surface area contributed by atoms with Crippen LogP contribution in [0, 0.1) is 0 Å². The number of cyclic esters (lactones) is 1. The van der Waals surface area contributed by atoms with Crippen molar-refractivity contribution in [3.8, 4) is 0 Å². The Hall–Kier alpha value is -0.900. The van der Waals surface area contributed by atoms with Crippen LogP contribution in [0.5, 0.6) is 0 Å². The third kappa shape index (κ3) is 1.16. The molecule has 1 saturated heterocycles. The summed E-state index contributed by atoms with van der Waals surface area (Å²) in [7, 11) is 1.45. The number of rotatable bonds is 2. The molecule has 0 saturated carbocycles. The standard InChI is InChI=1S/C6H8O4/c1-9-4-2-6(8)10-5(4)3-7/h3-5H,2H2,1H3/t4-,5-/m0/s1. The molecule has 0 N–H and O–H groups in total. The topological polar surface area (TPSA) is 52.6 Å². The Balaban J connectivity index is 2.56. The smallest absolute Gasteiger partial charge is 0.309 e. The van der Waals surface area contributed by atoms with Crippen molar-refractivity contribution in [1.29, 1.82) is 0 Å². The fourth-order valence-electron chi connectivity index (χ4n) is 0.889. The van der Waals surface area contributed by atoms with E-state index in [4.69, 9.17) is 4.74 Å². The maximum atomic E-state index is 10.5. The second-order valence-corrected chi connectivity index (χ2v) is 2.07. The minimum atomic E-state index is -0.697. The first kappa shape index (κ1) is 7.21. The summed E-state index contributed by atoms with van der Waals surface area (Å²) < 4.78 is 9.39. The van der Waals surface area contributed by atoms with E-state index < -0.39 is 6.10 Å². The van der Waals surface area contributed by atoms with E-state index in [1.54, 1.807) is 0 Å². The molecule has 0 spiro atoms. The van der Waals surface area contributed by atoms with Gasteiger partial charge in [-0.25, -0.2) is 0 Å². The van der Waals surface area contributed by atoms with Gasteiger partial charge in [-0.15, -0.1) is 0 Å². The van der Waals surface area contributed by atoms with E-state index in [9.17, 15) is 9.59 Å². The Labute approximate surface area is 58.1 Å². The summed E-state index contributed by atoms with van der Waals surface area (Å²) in [4.78, 5) is 20.7. The number of hydrogen-bond acceptors (Lipinski definition) is 4. The second kappa shape index (κ2) is 2.79. The summed E-state index contributed by atoms with van der Waals surface area (Å²) in [5.74, 6) is -0.371. The monoisotopic (exact) mass is 144 g/mol.